The lowest BCUT2D eigenvalue weighted by atomic mass is 10.1. The van der Waals surface area contributed by atoms with E-state index in [2.05, 4.69) is 4.90 Å². The Hall–Kier alpha value is -1.31. The first-order valence-corrected chi connectivity index (χ1v) is 8.62. The minimum atomic E-state index is -3.40. The number of nitrogen functional groups attached to an aromatic ring is 1. The van der Waals surface area contributed by atoms with Gasteiger partial charge in [-0.15, -0.1) is 0 Å². The Bertz CT molecular complexity index is 652. The molecule has 0 saturated carbocycles. The first kappa shape index (κ1) is 14.6. The van der Waals surface area contributed by atoms with E-state index in [0.717, 1.165) is 24.3 Å². The van der Waals surface area contributed by atoms with Crippen LogP contribution in [-0.2, 0) is 21.3 Å². The monoisotopic (exact) mass is 311 g/mol. The van der Waals surface area contributed by atoms with Gasteiger partial charge in [0.1, 0.15) is 0 Å². The van der Waals surface area contributed by atoms with Crippen LogP contribution in [0.4, 0.5) is 11.4 Å². The van der Waals surface area contributed by atoms with Gasteiger partial charge in [0.05, 0.1) is 29.5 Å². The molecule has 0 aliphatic carbocycles. The Labute approximate surface area is 125 Å². The van der Waals surface area contributed by atoms with Gasteiger partial charge in [0, 0.05) is 25.7 Å². The van der Waals surface area contributed by atoms with Crippen LogP contribution in [0.3, 0.4) is 0 Å². The molecule has 0 bridgehead atoms. The van der Waals surface area contributed by atoms with Crippen LogP contribution in [-0.4, -0.2) is 45.1 Å². The fourth-order valence-corrected chi connectivity index (χ4v) is 4.75. The van der Waals surface area contributed by atoms with E-state index in [1.54, 1.807) is 12.1 Å². The smallest absolute Gasteiger partial charge is 0.244 e. The third kappa shape index (κ3) is 2.39. The fraction of sp³-hybridized carbons (Fsp3) is 0.571. The second kappa shape index (κ2) is 5.15. The molecule has 0 aromatic heterocycles. The lowest BCUT2D eigenvalue weighted by Gasteiger charge is -2.30. The molecule has 1 aromatic rings. The van der Waals surface area contributed by atoms with Crippen molar-refractivity contribution in [3.05, 3.63) is 17.7 Å². The number of fused-ring (bicyclic) bond motifs is 1. The molecule has 7 heteroatoms. The highest BCUT2D eigenvalue weighted by atomic mass is 32.2. The molecule has 3 rings (SSSR count). The maximum atomic E-state index is 12.6. The summed E-state index contributed by atoms with van der Waals surface area (Å²) in [6.07, 6.45) is 0. The van der Waals surface area contributed by atoms with Crippen molar-refractivity contribution in [1.29, 1.82) is 0 Å². The van der Waals surface area contributed by atoms with Crippen LogP contribution in [0, 0.1) is 0 Å². The van der Waals surface area contributed by atoms with Gasteiger partial charge in [-0.2, -0.15) is 4.31 Å². The van der Waals surface area contributed by atoms with Gasteiger partial charge in [0.15, 0.2) is 0 Å². The second-order valence-electron chi connectivity index (χ2n) is 5.76. The molecule has 6 nitrogen and oxygen atoms in total. The molecule has 0 spiro atoms. The molecule has 0 atom stereocenters. The highest BCUT2D eigenvalue weighted by Gasteiger charge is 2.37. The third-order valence-electron chi connectivity index (χ3n) is 4.05. The standard InChI is InChI=1S/C14H21N3O3S/c1-10(2)17-9-11-7-12(15)13(8-14(11)21(17,18)19)16-3-5-20-6-4-16/h7-8,10H,3-6,9,15H2,1-2H3. The Morgan fingerprint density at radius 3 is 2.52 bits per heavy atom. The zero-order chi connectivity index (χ0) is 15.2. The number of morpholine rings is 1. The Kier molecular flexibility index (Phi) is 3.59. The number of sulfonamides is 1. The summed E-state index contributed by atoms with van der Waals surface area (Å²) in [5.74, 6) is 0. The van der Waals surface area contributed by atoms with Crippen LogP contribution in [0.2, 0.25) is 0 Å². The molecule has 2 aliphatic rings. The van der Waals surface area contributed by atoms with Gasteiger partial charge >= 0.3 is 0 Å². The highest BCUT2D eigenvalue weighted by Crippen LogP contribution is 2.38. The van der Waals surface area contributed by atoms with Gasteiger partial charge in [0.2, 0.25) is 10.0 Å². The number of benzene rings is 1. The first-order valence-electron chi connectivity index (χ1n) is 7.18. The summed E-state index contributed by atoms with van der Waals surface area (Å²) in [7, 11) is -3.40. The summed E-state index contributed by atoms with van der Waals surface area (Å²) in [5.41, 5.74) is 8.36. The Balaban J connectivity index is 2.04. The largest absolute Gasteiger partial charge is 0.397 e. The molecule has 2 heterocycles. The molecule has 21 heavy (non-hydrogen) atoms. The third-order valence-corrected chi connectivity index (χ3v) is 6.15. The van der Waals surface area contributed by atoms with Crippen molar-refractivity contribution in [2.24, 2.45) is 0 Å². The van der Waals surface area contributed by atoms with E-state index < -0.39 is 10.0 Å². The molecule has 116 valence electrons. The molecule has 0 amide bonds. The van der Waals surface area contributed by atoms with Crippen LogP contribution in [0.5, 0.6) is 0 Å². The SMILES string of the molecule is CC(C)N1Cc2cc(N)c(N3CCOCC3)cc2S1(=O)=O. The maximum absolute atomic E-state index is 12.6. The van der Waals surface area contributed by atoms with E-state index in [4.69, 9.17) is 10.5 Å². The summed E-state index contributed by atoms with van der Waals surface area (Å²) in [6, 6.07) is 3.48. The number of anilines is 2. The van der Waals surface area contributed by atoms with Crippen LogP contribution < -0.4 is 10.6 Å². The average molecular weight is 311 g/mol. The number of nitrogens with zero attached hydrogens (tertiary/aromatic N) is 2. The number of nitrogens with two attached hydrogens (primary N) is 1. The average Bonchev–Trinajstić information content (AvgIpc) is 2.70. The Morgan fingerprint density at radius 2 is 1.90 bits per heavy atom. The van der Waals surface area contributed by atoms with Gasteiger partial charge in [-0.25, -0.2) is 8.42 Å². The minimum Gasteiger partial charge on any atom is -0.397 e. The van der Waals surface area contributed by atoms with Crippen LogP contribution >= 0.6 is 0 Å². The quantitative estimate of drug-likeness (QED) is 0.825. The van der Waals surface area contributed by atoms with Crippen molar-refractivity contribution in [2.75, 3.05) is 36.9 Å². The first-order chi connectivity index (χ1) is 9.91. The van der Waals surface area contributed by atoms with E-state index in [1.165, 1.54) is 4.31 Å². The predicted molar refractivity (Wildman–Crippen MR) is 81.8 cm³/mol. The van der Waals surface area contributed by atoms with E-state index >= 15 is 0 Å². The topological polar surface area (TPSA) is 75.9 Å². The number of hydrogen-bond donors (Lipinski definition) is 1. The van der Waals surface area contributed by atoms with Crippen LogP contribution in [0.15, 0.2) is 17.0 Å². The molecule has 2 N–H and O–H groups in total. The molecule has 0 radical (unpaired) electrons. The van der Waals surface area contributed by atoms with E-state index in [0.29, 0.717) is 30.3 Å². The van der Waals surface area contributed by atoms with Gasteiger partial charge in [-0.3, -0.25) is 0 Å². The van der Waals surface area contributed by atoms with Crippen molar-refractivity contribution in [3.8, 4) is 0 Å². The number of rotatable bonds is 2. The van der Waals surface area contributed by atoms with Crippen molar-refractivity contribution < 1.29 is 13.2 Å². The lowest BCUT2D eigenvalue weighted by Crippen LogP contribution is -2.36. The summed E-state index contributed by atoms with van der Waals surface area (Å²) in [6.45, 7) is 6.92. The van der Waals surface area contributed by atoms with E-state index in [-0.39, 0.29) is 6.04 Å². The maximum Gasteiger partial charge on any atom is 0.244 e. The number of hydrogen-bond acceptors (Lipinski definition) is 5. The highest BCUT2D eigenvalue weighted by molar-refractivity contribution is 7.89. The predicted octanol–water partition coefficient (Wildman–Crippen LogP) is 1.02. The summed E-state index contributed by atoms with van der Waals surface area (Å²) in [5, 5.41) is 0. The molecule has 2 aliphatic heterocycles. The zero-order valence-corrected chi connectivity index (χ0v) is 13.2. The van der Waals surface area contributed by atoms with Gasteiger partial charge < -0.3 is 15.4 Å². The Morgan fingerprint density at radius 1 is 1.24 bits per heavy atom. The van der Waals surface area contributed by atoms with Crippen molar-refractivity contribution in [2.45, 2.75) is 31.3 Å². The molecule has 0 unspecified atom stereocenters. The van der Waals surface area contributed by atoms with Crippen LogP contribution in [0.25, 0.3) is 0 Å². The summed E-state index contributed by atoms with van der Waals surface area (Å²) >= 11 is 0. The summed E-state index contributed by atoms with van der Waals surface area (Å²) < 4.78 is 32.1. The second-order valence-corrected chi connectivity index (χ2v) is 7.62. The van der Waals surface area contributed by atoms with Crippen LogP contribution in [0.1, 0.15) is 19.4 Å². The van der Waals surface area contributed by atoms with E-state index in [1.807, 2.05) is 13.8 Å². The summed E-state index contributed by atoms with van der Waals surface area (Å²) in [4.78, 5) is 2.49. The zero-order valence-electron chi connectivity index (χ0n) is 12.4. The fourth-order valence-electron chi connectivity index (χ4n) is 2.91. The molecular weight excluding hydrogens is 290 g/mol. The van der Waals surface area contributed by atoms with Crippen molar-refractivity contribution in [1.82, 2.24) is 4.31 Å². The van der Waals surface area contributed by atoms with Gasteiger partial charge in [-0.1, -0.05) is 0 Å². The molecule has 1 saturated heterocycles. The normalized spacial score (nSPS) is 21.8. The molecule has 1 aromatic carbocycles. The van der Waals surface area contributed by atoms with Gasteiger partial charge in [-0.05, 0) is 31.5 Å². The minimum absolute atomic E-state index is 0.0598. The van der Waals surface area contributed by atoms with E-state index in [9.17, 15) is 8.42 Å². The van der Waals surface area contributed by atoms with Crippen molar-refractivity contribution in [3.63, 3.8) is 0 Å². The lowest BCUT2D eigenvalue weighted by molar-refractivity contribution is 0.123. The van der Waals surface area contributed by atoms with Crippen molar-refractivity contribution >= 4 is 21.4 Å². The molecule has 1 fully saturated rings. The number of ether oxygens (including phenoxy) is 1. The molecular formula is C14H21N3O3S. The van der Waals surface area contributed by atoms with Gasteiger partial charge in [0.25, 0.3) is 0 Å².